The number of aromatic nitrogens is 1. The number of aromatic hydroxyl groups is 1. The largest absolute Gasteiger partial charge is 0.493 e. The predicted molar refractivity (Wildman–Crippen MR) is 118 cm³/mol. The molecule has 1 aliphatic carbocycles. The number of carbonyl (C=O) groups excluding carboxylic acids is 1. The van der Waals surface area contributed by atoms with Gasteiger partial charge in [0.25, 0.3) is 11.6 Å². The fourth-order valence-electron chi connectivity index (χ4n) is 4.37. The van der Waals surface area contributed by atoms with Crippen LogP contribution >= 0.6 is 0 Å². The van der Waals surface area contributed by atoms with Crippen molar-refractivity contribution in [3.05, 3.63) is 100 Å². The molecule has 5 rings (SSSR count). The van der Waals surface area contributed by atoms with Crippen LogP contribution in [0.3, 0.4) is 0 Å². The molecule has 0 saturated heterocycles. The zero-order chi connectivity index (χ0) is 22.3. The van der Waals surface area contributed by atoms with Crippen LogP contribution in [-0.4, -0.2) is 20.9 Å². The molecular weight excluding hydrogens is 408 g/mol. The van der Waals surface area contributed by atoms with Crippen LogP contribution in [0.4, 0.5) is 11.4 Å². The molecule has 1 amide bonds. The van der Waals surface area contributed by atoms with Crippen molar-refractivity contribution in [2.45, 2.75) is 11.8 Å². The van der Waals surface area contributed by atoms with Gasteiger partial charge in [-0.3, -0.25) is 14.9 Å². The van der Waals surface area contributed by atoms with E-state index in [0.29, 0.717) is 17.3 Å². The van der Waals surface area contributed by atoms with Crippen LogP contribution < -0.4 is 0 Å². The minimum atomic E-state index is -0.534. The lowest BCUT2D eigenvalue weighted by Crippen LogP contribution is -2.16. The molecule has 32 heavy (non-hydrogen) atoms. The summed E-state index contributed by atoms with van der Waals surface area (Å²) in [5.74, 6) is -1.10. The van der Waals surface area contributed by atoms with Crippen molar-refractivity contribution < 1.29 is 14.8 Å². The van der Waals surface area contributed by atoms with Crippen LogP contribution in [-0.2, 0) is 10.2 Å². The van der Waals surface area contributed by atoms with Gasteiger partial charge >= 0.3 is 0 Å². The maximum atomic E-state index is 13.0. The van der Waals surface area contributed by atoms with Gasteiger partial charge in [-0.05, 0) is 23.6 Å². The molecule has 0 aliphatic heterocycles. The Labute approximate surface area is 182 Å². The van der Waals surface area contributed by atoms with Crippen LogP contribution in [0.5, 0.6) is 5.88 Å². The number of non-ortho nitro benzene ring substituents is 1. The van der Waals surface area contributed by atoms with Crippen LogP contribution in [0.25, 0.3) is 10.9 Å². The third kappa shape index (κ3) is 3.13. The predicted octanol–water partition coefficient (Wildman–Crippen LogP) is 5.40. The van der Waals surface area contributed by atoms with Crippen molar-refractivity contribution in [3.63, 3.8) is 0 Å². The summed E-state index contributed by atoms with van der Waals surface area (Å²) in [6.07, 6.45) is 0.601. The van der Waals surface area contributed by atoms with Crippen LogP contribution in [0.2, 0.25) is 0 Å². The number of H-pyrrole nitrogens is 1. The number of hydrogen-bond donors (Lipinski definition) is 2. The molecule has 8 heteroatoms. The average molecular weight is 426 g/mol. The Morgan fingerprint density at radius 1 is 1.03 bits per heavy atom. The third-order valence-corrected chi connectivity index (χ3v) is 6.03. The first-order valence-corrected chi connectivity index (χ1v) is 10.1. The first-order valence-electron chi connectivity index (χ1n) is 10.1. The lowest BCUT2D eigenvalue weighted by Gasteiger charge is -2.17. The fourth-order valence-corrected chi connectivity index (χ4v) is 4.37. The molecular formula is C24H18N4O4. The van der Waals surface area contributed by atoms with E-state index >= 15 is 0 Å². The van der Waals surface area contributed by atoms with E-state index in [2.05, 4.69) is 15.2 Å². The van der Waals surface area contributed by atoms with Crippen LogP contribution in [0.1, 0.15) is 17.5 Å². The van der Waals surface area contributed by atoms with E-state index < -0.39 is 22.2 Å². The lowest BCUT2D eigenvalue weighted by molar-refractivity contribution is -0.384. The number of benzene rings is 3. The van der Waals surface area contributed by atoms with Gasteiger partial charge in [-0.15, -0.1) is 10.2 Å². The number of nitrogens with one attached hydrogen (secondary N) is 1. The number of azo groups is 1. The second-order valence-electron chi connectivity index (χ2n) is 7.81. The summed E-state index contributed by atoms with van der Waals surface area (Å²) in [5.41, 5.74) is 1.91. The maximum Gasteiger partial charge on any atom is 0.270 e. The fraction of sp³-hybridized carbons (Fsp3) is 0.125. The quantitative estimate of drug-likeness (QED) is 0.252. The number of nitro groups is 1. The highest BCUT2D eigenvalue weighted by molar-refractivity contribution is 5.96. The van der Waals surface area contributed by atoms with Crippen molar-refractivity contribution in [2.75, 3.05) is 0 Å². The number of aromatic amines is 1. The van der Waals surface area contributed by atoms with E-state index in [0.717, 1.165) is 11.1 Å². The Balaban J connectivity index is 1.49. The first-order chi connectivity index (χ1) is 15.5. The van der Waals surface area contributed by atoms with Gasteiger partial charge in [0.15, 0.2) is 5.69 Å². The van der Waals surface area contributed by atoms with Crippen molar-refractivity contribution in [2.24, 2.45) is 16.1 Å². The van der Waals surface area contributed by atoms with Crippen molar-refractivity contribution in [3.8, 4) is 5.88 Å². The zero-order valence-corrected chi connectivity index (χ0v) is 16.8. The van der Waals surface area contributed by atoms with Crippen molar-refractivity contribution in [1.29, 1.82) is 0 Å². The average Bonchev–Trinajstić information content (AvgIpc) is 3.50. The van der Waals surface area contributed by atoms with E-state index in [4.69, 9.17) is 0 Å². The van der Waals surface area contributed by atoms with Gasteiger partial charge < -0.3 is 10.1 Å². The minimum Gasteiger partial charge on any atom is -0.493 e. The molecule has 0 radical (unpaired) electrons. The number of fused-ring (bicyclic) bond motifs is 1. The molecule has 0 bridgehead atoms. The number of nitrogens with zero attached hydrogens (tertiary/aromatic N) is 3. The first kappa shape index (κ1) is 19.6. The Kier molecular flexibility index (Phi) is 4.55. The SMILES string of the molecule is O=C(N=Nc1c(O)[nH]c2ccc([N+](=O)[O-])cc12)[C@@H]1CC1(c1ccccc1)c1ccccc1. The second-order valence-corrected chi connectivity index (χ2v) is 7.81. The summed E-state index contributed by atoms with van der Waals surface area (Å²) in [4.78, 5) is 26.3. The Hall–Kier alpha value is -4.33. The van der Waals surface area contributed by atoms with Gasteiger partial charge in [0.2, 0.25) is 5.88 Å². The molecule has 0 unspecified atom stereocenters. The van der Waals surface area contributed by atoms with E-state index in [1.165, 1.54) is 18.2 Å². The summed E-state index contributed by atoms with van der Waals surface area (Å²) in [6.45, 7) is 0. The standard InChI is InChI=1S/C24H18N4O4/c29-22(27-26-21-18-13-17(28(31)32)11-12-20(18)25-23(21)30)19-14-24(19,15-7-3-1-4-8-15)16-9-5-2-6-10-16/h1-13,19,25,30H,14H2/t19-/m0/s1. The summed E-state index contributed by atoms with van der Waals surface area (Å²) in [6, 6.07) is 23.7. The summed E-state index contributed by atoms with van der Waals surface area (Å²) in [7, 11) is 0. The van der Waals surface area contributed by atoms with Gasteiger partial charge in [-0.2, -0.15) is 0 Å². The number of hydrogen-bond acceptors (Lipinski definition) is 5. The summed E-state index contributed by atoms with van der Waals surface area (Å²) < 4.78 is 0. The van der Waals surface area contributed by atoms with E-state index in [1.807, 2.05) is 60.7 Å². The molecule has 158 valence electrons. The molecule has 0 spiro atoms. The molecule has 1 aromatic heterocycles. The monoisotopic (exact) mass is 426 g/mol. The third-order valence-electron chi connectivity index (χ3n) is 6.03. The number of amides is 1. The van der Waals surface area contributed by atoms with Crippen molar-refractivity contribution >= 4 is 28.2 Å². The maximum absolute atomic E-state index is 13.0. The van der Waals surface area contributed by atoms with E-state index in [1.54, 1.807) is 0 Å². The number of rotatable bonds is 5. The van der Waals surface area contributed by atoms with Crippen LogP contribution in [0, 0.1) is 16.0 Å². The molecule has 3 aromatic carbocycles. The number of carbonyl (C=O) groups is 1. The molecule has 1 atom stereocenters. The smallest absolute Gasteiger partial charge is 0.270 e. The Morgan fingerprint density at radius 2 is 1.66 bits per heavy atom. The highest BCUT2D eigenvalue weighted by Crippen LogP contribution is 2.59. The van der Waals surface area contributed by atoms with Gasteiger partial charge in [0.1, 0.15) is 0 Å². The highest BCUT2D eigenvalue weighted by Gasteiger charge is 2.60. The normalized spacial score (nSPS) is 16.9. The highest BCUT2D eigenvalue weighted by atomic mass is 16.6. The lowest BCUT2D eigenvalue weighted by atomic mass is 9.85. The van der Waals surface area contributed by atoms with E-state index in [-0.39, 0.29) is 17.3 Å². The van der Waals surface area contributed by atoms with E-state index in [9.17, 15) is 20.0 Å². The Morgan fingerprint density at radius 3 is 2.25 bits per heavy atom. The molecule has 8 nitrogen and oxygen atoms in total. The van der Waals surface area contributed by atoms with Gasteiger partial charge in [0, 0.05) is 22.9 Å². The summed E-state index contributed by atoms with van der Waals surface area (Å²) in [5, 5.41) is 29.5. The number of nitro benzene ring substituents is 1. The topological polar surface area (TPSA) is 121 Å². The van der Waals surface area contributed by atoms with Crippen LogP contribution in [0.15, 0.2) is 89.1 Å². The molecule has 1 fully saturated rings. The van der Waals surface area contributed by atoms with Gasteiger partial charge in [-0.25, -0.2) is 0 Å². The molecule has 1 heterocycles. The summed E-state index contributed by atoms with van der Waals surface area (Å²) >= 11 is 0. The van der Waals surface area contributed by atoms with Crippen molar-refractivity contribution in [1.82, 2.24) is 4.98 Å². The zero-order valence-electron chi connectivity index (χ0n) is 16.8. The second kappa shape index (κ2) is 7.42. The molecule has 4 aromatic rings. The van der Waals surface area contributed by atoms with Gasteiger partial charge in [-0.1, -0.05) is 60.7 Å². The molecule has 2 N–H and O–H groups in total. The molecule has 1 aliphatic rings. The minimum absolute atomic E-state index is 0.00252. The van der Waals surface area contributed by atoms with Gasteiger partial charge in [0.05, 0.1) is 16.4 Å². The molecule has 1 saturated carbocycles. The Bertz CT molecular complexity index is 1320.